The molecule has 4 aromatic rings. The molecule has 35 heavy (non-hydrogen) atoms. The van der Waals surface area contributed by atoms with Crippen molar-refractivity contribution in [1.29, 1.82) is 0 Å². The van der Waals surface area contributed by atoms with E-state index in [9.17, 15) is 22.8 Å². The third-order valence-corrected chi connectivity index (χ3v) is 6.00. The molecule has 0 aliphatic carbocycles. The van der Waals surface area contributed by atoms with Crippen LogP contribution in [0.4, 0.5) is 19.0 Å². The summed E-state index contributed by atoms with van der Waals surface area (Å²) in [6, 6.07) is 1.54. The fourth-order valence-electron chi connectivity index (χ4n) is 2.83. The Kier molecular flexibility index (Phi) is 6.75. The Bertz CT molecular complexity index is 1380. The second-order valence-corrected chi connectivity index (χ2v) is 8.46. The third-order valence-electron chi connectivity index (χ3n) is 4.52. The Morgan fingerprint density at radius 3 is 2.63 bits per heavy atom. The average Bonchev–Trinajstić information content (AvgIpc) is 3.52. The van der Waals surface area contributed by atoms with Gasteiger partial charge in [0.1, 0.15) is 39.9 Å². The second-order valence-electron chi connectivity index (χ2n) is 6.99. The fraction of sp³-hybridized carbons (Fsp3) is 0.150. The number of hydrogen-bond acceptors (Lipinski definition) is 8. The van der Waals surface area contributed by atoms with E-state index >= 15 is 0 Å². The van der Waals surface area contributed by atoms with Crippen molar-refractivity contribution in [2.24, 2.45) is 0 Å². The quantitative estimate of drug-likeness (QED) is 0.392. The van der Waals surface area contributed by atoms with Crippen molar-refractivity contribution in [2.45, 2.75) is 19.1 Å². The number of hydrogen-bond donors (Lipinski definition) is 2. The molecule has 10 nitrogen and oxygen atoms in total. The van der Waals surface area contributed by atoms with Gasteiger partial charge in [0, 0.05) is 24.7 Å². The number of nitrogens with zero attached hydrogens (tertiary/aromatic N) is 6. The van der Waals surface area contributed by atoms with Gasteiger partial charge in [0.05, 0.1) is 22.8 Å². The lowest BCUT2D eigenvalue weighted by atomic mass is 10.2. The van der Waals surface area contributed by atoms with Crippen LogP contribution >= 0.6 is 22.9 Å². The topological polar surface area (TPSA) is 128 Å². The van der Waals surface area contributed by atoms with Crippen molar-refractivity contribution in [2.75, 3.05) is 5.32 Å². The number of thiazole rings is 1. The van der Waals surface area contributed by atoms with Gasteiger partial charge >= 0.3 is 6.18 Å². The molecule has 0 spiro atoms. The summed E-state index contributed by atoms with van der Waals surface area (Å²) in [7, 11) is 0. The predicted molar refractivity (Wildman–Crippen MR) is 119 cm³/mol. The van der Waals surface area contributed by atoms with Crippen LogP contribution in [0.25, 0.3) is 5.82 Å². The van der Waals surface area contributed by atoms with E-state index < -0.39 is 34.6 Å². The van der Waals surface area contributed by atoms with Gasteiger partial charge in [-0.15, -0.1) is 11.3 Å². The minimum absolute atomic E-state index is 0.107. The van der Waals surface area contributed by atoms with Gasteiger partial charge in [-0.1, -0.05) is 11.6 Å². The molecular formula is C20H14ClF3N8O2S. The molecule has 0 unspecified atom stereocenters. The highest BCUT2D eigenvalue weighted by Crippen LogP contribution is 2.35. The standard InChI is InChI=1S/C20H14ClF3N8O2S/c1-10(30-17(33)13-5-16(29-8-28-13)32-3-2-25-9-32)19-27-7-14(35-19)18(34)31-15-4-11(20(22,23)24)12(21)6-26-15/h2-10H,1H3,(H,30,33)(H,26,31,34)/t10-/m1/s1. The smallest absolute Gasteiger partial charge is 0.342 e. The molecular weight excluding hydrogens is 509 g/mol. The van der Waals surface area contributed by atoms with Gasteiger partial charge in [-0.05, 0) is 13.0 Å². The number of rotatable bonds is 6. The summed E-state index contributed by atoms with van der Waals surface area (Å²) in [6.07, 6.45) is 3.36. The van der Waals surface area contributed by atoms with Crippen LogP contribution in [0.5, 0.6) is 0 Å². The number of halogens is 4. The van der Waals surface area contributed by atoms with E-state index in [1.165, 1.54) is 24.9 Å². The number of imidazole rings is 1. The van der Waals surface area contributed by atoms with Gasteiger partial charge in [-0.25, -0.2) is 24.9 Å². The van der Waals surface area contributed by atoms with Crippen LogP contribution in [-0.4, -0.2) is 41.3 Å². The SMILES string of the molecule is C[C@@H](NC(=O)c1cc(-n2ccnc2)ncn1)c1ncc(C(=O)Nc2cc(C(F)(F)F)c(Cl)cn2)s1. The third kappa shape index (κ3) is 5.60. The van der Waals surface area contributed by atoms with E-state index in [0.717, 1.165) is 17.5 Å². The van der Waals surface area contributed by atoms with Crippen LogP contribution in [0.15, 0.2) is 49.6 Å². The Morgan fingerprint density at radius 2 is 1.91 bits per heavy atom. The van der Waals surface area contributed by atoms with E-state index in [1.54, 1.807) is 23.9 Å². The number of nitrogens with one attached hydrogen (secondary N) is 2. The number of alkyl halides is 3. The zero-order valence-corrected chi connectivity index (χ0v) is 19.2. The molecule has 15 heteroatoms. The Morgan fingerprint density at radius 1 is 1.11 bits per heavy atom. The maximum atomic E-state index is 13.0. The highest BCUT2D eigenvalue weighted by atomic mass is 35.5. The highest BCUT2D eigenvalue weighted by molar-refractivity contribution is 7.13. The number of aromatic nitrogens is 6. The van der Waals surface area contributed by atoms with E-state index in [4.69, 9.17) is 11.6 Å². The molecule has 4 rings (SSSR count). The van der Waals surface area contributed by atoms with Crippen molar-refractivity contribution in [1.82, 2.24) is 34.8 Å². The molecule has 0 aromatic carbocycles. The van der Waals surface area contributed by atoms with Gasteiger partial charge in [0.25, 0.3) is 11.8 Å². The number of anilines is 1. The summed E-state index contributed by atoms with van der Waals surface area (Å²) in [5.74, 6) is -1.07. The molecule has 4 aromatic heterocycles. The van der Waals surface area contributed by atoms with Crippen molar-refractivity contribution in [3.8, 4) is 5.82 Å². The number of carbonyl (C=O) groups is 2. The fourth-order valence-corrected chi connectivity index (χ4v) is 3.86. The van der Waals surface area contributed by atoms with Gasteiger partial charge in [-0.2, -0.15) is 13.2 Å². The van der Waals surface area contributed by atoms with Gasteiger partial charge < -0.3 is 10.6 Å². The molecule has 0 bridgehead atoms. The molecule has 2 N–H and O–H groups in total. The minimum Gasteiger partial charge on any atom is -0.342 e. The van der Waals surface area contributed by atoms with Crippen molar-refractivity contribution in [3.05, 3.63) is 75.7 Å². The molecule has 4 heterocycles. The molecule has 0 aliphatic heterocycles. The summed E-state index contributed by atoms with van der Waals surface area (Å²) in [5.41, 5.74) is -1.01. The Hall–Kier alpha value is -3.91. The van der Waals surface area contributed by atoms with Crippen LogP contribution in [0.2, 0.25) is 5.02 Å². The summed E-state index contributed by atoms with van der Waals surface area (Å²) in [4.78, 5) is 45.0. The number of amides is 2. The monoisotopic (exact) mass is 522 g/mol. The Balaban J connectivity index is 1.42. The lowest BCUT2D eigenvalue weighted by molar-refractivity contribution is -0.137. The van der Waals surface area contributed by atoms with Gasteiger partial charge in [0.15, 0.2) is 0 Å². The maximum Gasteiger partial charge on any atom is 0.418 e. The van der Waals surface area contributed by atoms with Crippen molar-refractivity contribution >= 4 is 40.6 Å². The maximum absolute atomic E-state index is 13.0. The van der Waals surface area contributed by atoms with Gasteiger partial charge in [-0.3, -0.25) is 14.2 Å². The van der Waals surface area contributed by atoms with Crippen molar-refractivity contribution < 1.29 is 22.8 Å². The predicted octanol–water partition coefficient (Wildman–Crippen LogP) is 3.93. The van der Waals surface area contributed by atoms with Crippen LogP contribution in [0.3, 0.4) is 0 Å². The minimum atomic E-state index is -4.70. The first-order valence-corrected chi connectivity index (χ1v) is 10.9. The molecule has 0 aliphatic rings. The van der Waals surface area contributed by atoms with Crippen LogP contribution < -0.4 is 10.6 Å². The zero-order chi connectivity index (χ0) is 25.2. The number of pyridine rings is 1. The average molecular weight is 523 g/mol. The summed E-state index contributed by atoms with van der Waals surface area (Å²) < 4.78 is 40.7. The summed E-state index contributed by atoms with van der Waals surface area (Å²) in [5, 5.41) is 4.83. The van der Waals surface area contributed by atoms with Gasteiger partial charge in [0.2, 0.25) is 0 Å². The van der Waals surface area contributed by atoms with Crippen LogP contribution in [0, 0.1) is 0 Å². The van der Waals surface area contributed by atoms with E-state index in [1.807, 2.05) is 0 Å². The lowest BCUT2D eigenvalue weighted by Crippen LogP contribution is -2.27. The van der Waals surface area contributed by atoms with Crippen LogP contribution in [-0.2, 0) is 6.18 Å². The molecule has 0 saturated carbocycles. The lowest BCUT2D eigenvalue weighted by Gasteiger charge is -2.11. The number of carbonyl (C=O) groups excluding carboxylic acids is 2. The van der Waals surface area contributed by atoms with E-state index in [2.05, 4.69) is 35.6 Å². The normalized spacial score (nSPS) is 12.3. The second kappa shape index (κ2) is 9.76. The molecule has 0 radical (unpaired) electrons. The first-order chi connectivity index (χ1) is 16.6. The van der Waals surface area contributed by atoms with E-state index in [-0.39, 0.29) is 16.4 Å². The first-order valence-electron chi connectivity index (χ1n) is 9.73. The molecule has 0 fully saturated rings. The molecule has 180 valence electrons. The summed E-state index contributed by atoms with van der Waals surface area (Å²) in [6.45, 7) is 1.66. The van der Waals surface area contributed by atoms with E-state index in [0.29, 0.717) is 16.9 Å². The van der Waals surface area contributed by atoms with Crippen molar-refractivity contribution in [3.63, 3.8) is 0 Å². The largest absolute Gasteiger partial charge is 0.418 e. The Labute approximate surface area is 204 Å². The first kappa shape index (κ1) is 24.2. The summed E-state index contributed by atoms with van der Waals surface area (Å²) >= 11 is 6.50. The van der Waals surface area contributed by atoms with Crippen LogP contribution in [0.1, 0.15) is 43.7 Å². The zero-order valence-electron chi connectivity index (χ0n) is 17.6. The highest BCUT2D eigenvalue weighted by Gasteiger charge is 2.34. The molecule has 1 atom stereocenters. The molecule has 0 saturated heterocycles. The molecule has 2 amide bonds.